The Kier molecular flexibility index (Phi) is 8.03. The van der Waals surface area contributed by atoms with E-state index < -0.39 is 0 Å². The van der Waals surface area contributed by atoms with Crippen molar-refractivity contribution in [2.45, 2.75) is 31.7 Å². The molecule has 2 N–H and O–H groups in total. The minimum absolute atomic E-state index is 0.0178. The molecule has 2 amide bonds. The summed E-state index contributed by atoms with van der Waals surface area (Å²) in [4.78, 5) is 28.0. The Labute approximate surface area is 200 Å². The number of nitrogens with one attached hydrogen (secondary N) is 2. The quantitative estimate of drug-likeness (QED) is 0.574. The van der Waals surface area contributed by atoms with E-state index in [1.807, 2.05) is 41.9 Å². The molecule has 1 saturated carbocycles. The van der Waals surface area contributed by atoms with Crippen molar-refractivity contribution in [3.05, 3.63) is 30.0 Å². The fourth-order valence-electron chi connectivity index (χ4n) is 4.85. The first kappa shape index (κ1) is 24.0. The molecule has 2 atom stereocenters. The van der Waals surface area contributed by atoms with Gasteiger partial charge in [0.05, 0.1) is 30.7 Å². The van der Waals surface area contributed by atoms with Crippen LogP contribution in [0, 0.1) is 17.2 Å². The van der Waals surface area contributed by atoms with Crippen molar-refractivity contribution in [3.8, 4) is 11.8 Å². The van der Waals surface area contributed by atoms with Gasteiger partial charge in [0.15, 0.2) is 0 Å². The van der Waals surface area contributed by atoms with Crippen LogP contribution in [0.4, 0.5) is 0 Å². The lowest BCUT2D eigenvalue weighted by Gasteiger charge is -2.31. The topological polar surface area (TPSA) is 109 Å². The molecule has 1 aromatic carbocycles. The standard InChI is InChI=1S/C25H33N5O4/c1-29-22-17-19(34-15-12-30-10-13-33-14-11-30)7-6-18(22)16-23(29)25(32)28-21-5-3-2-4-20(21)24(31)27-9-8-26/h6-7,16-17,20-21H,2-5,9-15H2,1H3,(H,27,31)(H,28,32). The molecule has 1 aliphatic carbocycles. The number of carbonyl (C=O) groups is 2. The Bertz CT molecular complexity index is 1050. The zero-order chi connectivity index (χ0) is 23.9. The van der Waals surface area contributed by atoms with Crippen LogP contribution in [0.3, 0.4) is 0 Å². The number of aryl methyl sites for hydroxylation is 1. The molecule has 2 aromatic rings. The van der Waals surface area contributed by atoms with Crippen molar-refractivity contribution >= 4 is 22.7 Å². The number of benzene rings is 1. The summed E-state index contributed by atoms with van der Waals surface area (Å²) < 4.78 is 13.2. The monoisotopic (exact) mass is 467 g/mol. The van der Waals surface area contributed by atoms with E-state index in [2.05, 4.69) is 15.5 Å². The summed E-state index contributed by atoms with van der Waals surface area (Å²) in [6.07, 6.45) is 3.37. The SMILES string of the molecule is Cn1c(C(=O)NC2CCCCC2C(=O)NCC#N)cc2ccc(OCCN3CCOCC3)cc21. The third-order valence-corrected chi connectivity index (χ3v) is 6.79. The Hall–Kier alpha value is -3.09. The van der Waals surface area contributed by atoms with E-state index >= 15 is 0 Å². The predicted molar refractivity (Wildman–Crippen MR) is 128 cm³/mol. The van der Waals surface area contributed by atoms with Crippen LogP contribution < -0.4 is 15.4 Å². The molecule has 1 aliphatic heterocycles. The highest BCUT2D eigenvalue weighted by Crippen LogP contribution is 2.27. The number of fused-ring (bicyclic) bond motifs is 1. The molecule has 1 aromatic heterocycles. The van der Waals surface area contributed by atoms with Crippen LogP contribution in [0.15, 0.2) is 24.3 Å². The van der Waals surface area contributed by atoms with Gasteiger partial charge < -0.3 is 24.7 Å². The van der Waals surface area contributed by atoms with Crippen molar-refractivity contribution in [1.82, 2.24) is 20.1 Å². The molecule has 2 fully saturated rings. The van der Waals surface area contributed by atoms with E-state index in [9.17, 15) is 9.59 Å². The molecule has 2 aliphatic rings. The molecule has 2 heterocycles. The van der Waals surface area contributed by atoms with Gasteiger partial charge in [0.2, 0.25) is 5.91 Å². The average Bonchev–Trinajstić information content (AvgIpc) is 3.19. The maximum absolute atomic E-state index is 13.2. The minimum Gasteiger partial charge on any atom is -0.492 e. The second kappa shape index (κ2) is 11.4. The van der Waals surface area contributed by atoms with E-state index in [0.717, 1.165) is 68.8 Å². The first-order valence-corrected chi connectivity index (χ1v) is 12.0. The first-order chi connectivity index (χ1) is 16.6. The summed E-state index contributed by atoms with van der Waals surface area (Å²) in [6.45, 7) is 4.84. The zero-order valence-electron chi connectivity index (χ0n) is 19.7. The molecule has 34 heavy (non-hydrogen) atoms. The number of aromatic nitrogens is 1. The van der Waals surface area contributed by atoms with Crippen molar-refractivity contribution in [1.29, 1.82) is 5.26 Å². The molecule has 9 heteroatoms. The van der Waals surface area contributed by atoms with Crippen LogP contribution in [0.5, 0.6) is 5.75 Å². The van der Waals surface area contributed by atoms with Gasteiger partial charge in [0.25, 0.3) is 5.91 Å². The molecule has 1 saturated heterocycles. The van der Waals surface area contributed by atoms with Gasteiger partial charge in [0, 0.05) is 44.2 Å². The van der Waals surface area contributed by atoms with E-state index in [0.29, 0.717) is 18.7 Å². The number of ether oxygens (including phenoxy) is 2. The van der Waals surface area contributed by atoms with Crippen LogP contribution in [-0.2, 0) is 16.6 Å². The number of amides is 2. The van der Waals surface area contributed by atoms with E-state index in [-0.39, 0.29) is 30.3 Å². The van der Waals surface area contributed by atoms with Crippen LogP contribution >= 0.6 is 0 Å². The van der Waals surface area contributed by atoms with E-state index in [1.165, 1.54) is 0 Å². The van der Waals surface area contributed by atoms with Crippen LogP contribution in [0.2, 0.25) is 0 Å². The summed E-state index contributed by atoms with van der Waals surface area (Å²) in [6, 6.07) is 9.43. The Morgan fingerprint density at radius 3 is 2.79 bits per heavy atom. The molecular formula is C25H33N5O4. The maximum Gasteiger partial charge on any atom is 0.268 e. The molecule has 182 valence electrons. The highest BCUT2D eigenvalue weighted by molar-refractivity contribution is 5.99. The number of carbonyl (C=O) groups excluding carboxylic acids is 2. The lowest BCUT2D eigenvalue weighted by Crippen LogP contribution is -2.48. The predicted octanol–water partition coefficient (Wildman–Crippen LogP) is 1.82. The van der Waals surface area contributed by atoms with Crippen molar-refractivity contribution < 1.29 is 19.1 Å². The summed E-state index contributed by atoms with van der Waals surface area (Å²) in [5.74, 6) is 0.101. The second-order valence-corrected chi connectivity index (χ2v) is 8.96. The molecule has 0 radical (unpaired) electrons. The number of nitrogens with zero attached hydrogens (tertiary/aromatic N) is 3. The van der Waals surface area contributed by atoms with E-state index in [1.54, 1.807) is 0 Å². The van der Waals surface area contributed by atoms with Gasteiger partial charge in [-0.15, -0.1) is 0 Å². The van der Waals surface area contributed by atoms with Gasteiger partial charge in [-0.25, -0.2) is 0 Å². The molecule has 0 bridgehead atoms. The average molecular weight is 468 g/mol. The molecule has 2 unspecified atom stereocenters. The summed E-state index contributed by atoms with van der Waals surface area (Å²) >= 11 is 0. The Morgan fingerprint density at radius 1 is 1.21 bits per heavy atom. The Balaban J connectivity index is 1.40. The number of morpholine rings is 1. The van der Waals surface area contributed by atoms with Gasteiger partial charge in [-0.1, -0.05) is 12.8 Å². The lowest BCUT2D eigenvalue weighted by molar-refractivity contribution is -0.126. The van der Waals surface area contributed by atoms with Crippen LogP contribution in [0.1, 0.15) is 36.2 Å². The first-order valence-electron chi connectivity index (χ1n) is 12.0. The molecule has 4 rings (SSSR count). The van der Waals surface area contributed by atoms with Crippen molar-refractivity contribution in [3.63, 3.8) is 0 Å². The molecular weight excluding hydrogens is 434 g/mol. The van der Waals surface area contributed by atoms with Crippen molar-refractivity contribution in [2.75, 3.05) is 46.0 Å². The van der Waals surface area contributed by atoms with Gasteiger partial charge in [-0.05, 0) is 31.0 Å². The number of rotatable bonds is 8. The van der Waals surface area contributed by atoms with Gasteiger partial charge in [-0.3, -0.25) is 14.5 Å². The fourth-order valence-corrected chi connectivity index (χ4v) is 4.85. The minimum atomic E-state index is -0.313. The van der Waals surface area contributed by atoms with Gasteiger partial charge in [-0.2, -0.15) is 5.26 Å². The highest BCUT2D eigenvalue weighted by atomic mass is 16.5. The Morgan fingerprint density at radius 2 is 2.00 bits per heavy atom. The highest BCUT2D eigenvalue weighted by Gasteiger charge is 2.32. The normalized spacial score (nSPS) is 21.1. The van der Waals surface area contributed by atoms with Crippen LogP contribution in [-0.4, -0.2) is 73.3 Å². The summed E-state index contributed by atoms with van der Waals surface area (Å²) in [7, 11) is 1.87. The smallest absolute Gasteiger partial charge is 0.268 e. The second-order valence-electron chi connectivity index (χ2n) is 8.96. The van der Waals surface area contributed by atoms with E-state index in [4.69, 9.17) is 14.7 Å². The summed E-state index contributed by atoms with van der Waals surface area (Å²) in [5.41, 5.74) is 1.46. The number of nitriles is 1. The zero-order valence-corrected chi connectivity index (χ0v) is 19.7. The number of hydrogen-bond acceptors (Lipinski definition) is 6. The van der Waals surface area contributed by atoms with Gasteiger partial charge in [0.1, 0.15) is 24.6 Å². The summed E-state index contributed by atoms with van der Waals surface area (Å²) in [5, 5.41) is 15.4. The molecule has 0 spiro atoms. The maximum atomic E-state index is 13.2. The largest absolute Gasteiger partial charge is 0.492 e. The van der Waals surface area contributed by atoms with Gasteiger partial charge >= 0.3 is 0 Å². The van der Waals surface area contributed by atoms with Crippen molar-refractivity contribution in [2.24, 2.45) is 13.0 Å². The lowest BCUT2D eigenvalue weighted by atomic mass is 9.83. The third kappa shape index (κ3) is 5.69. The fraction of sp³-hybridized carbons (Fsp3) is 0.560. The van der Waals surface area contributed by atoms with Crippen LogP contribution in [0.25, 0.3) is 10.9 Å². The molecule has 9 nitrogen and oxygen atoms in total. The number of hydrogen-bond donors (Lipinski definition) is 2. The third-order valence-electron chi connectivity index (χ3n) is 6.79.